The Hall–Kier alpha value is -0.440. The SMILES string of the molecule is CCCCCCC(CCCC)C(P)(CCCC)CCCC.CCCCCCCCCCCCc1ccccc1S(=O)(=O)O. The molecule has 0 aromatic heterocycles. The predicted octanol–water partition coefficient (Wildman–Crippen LogP) is 13.2. The van der Waals surface area contributed by atoms with Crippen molar-refractivity contribution in [3.63, 3.8) is 0 Å². The lowest BCUT2D eigenvalue weighted by atomic mass is 9.77. The highest BCUT2D eigenvalue weighted by Crippen LogP contribution is 2.43. The molecule has 1 N–H and O–H groups in total. The average molecular weight is 641 g/mol. The summed E-state index contributed by atoms with van der Waals surface area (Å²) in [6.45, 7) is 11.6. The first-order valence-corrected chi connectivity index (χ1v) is 20.6. The van der Waals surface area contributed by atoms with E-state index in [1.165, 1.54) is 147 Å². The minimum Gasteiger partial charge on any atom is -0.282 e. The molecule has 0 aliphatic heterocycles. The van der Waals surface area contributed by atoms with E-state index in [9.17, 15) is 13.0 Å². The number of aryl methyl sites for hydroxylation is 1. The van der Waals surface area contributed by atoms with Crippen LogP contribution in [0.5, 0.6) is 0 Å². The van der Waals surface area contributed by atoms with Crippen LogP contribution in [0.1, 0.15) is 194 Å². The second-order valence-corrected chi connectivity index (χ2v) is 15.7. The zero-order valence-electron chi connectivity index (χ0n) is 29.3. The van der Waals surface area contributed by atoms with Crippen molar-refractivity contribution in [2.75, 3.05) is 0 Å². The highest BCUT2D eigenvalue weighted by atomic mass is 32.2. The van der Waals surface area contributed by atoms with E-state index in [-0.39, 0.29) is 4.90 Å². The van der Waals surface area contributed by atoms with Crippen molar-refractivity contribution in [2.24, 2.45) is 5.92 Å². The molecule has 0 radical (unpaired) electrons. The van der Waals surface area contributed by atoms with E-state index in [0.717, 1.165) is 24.3 Å². The summed E-state index contributed by atoms with van der Waals surface area (Å²) in [5.41, 5.74) is 0.726. The second-order valence-electron chi connectivity index (χ2n) is 13.1. The Morgan fingerprint density at radius 1 is 0.605 bits per heavy atom. The molecule has 3 nitrogen and oxygen atoms in total. The van der Waals surface area contributed by atoms with Gasteiger partial charge in [-0.25, -0.2) is 0 Å². The summed E-state index contributed by atoms with van der Waals surface area (Å²) < 4.78 is 31.8. The van der Waals surface area contributed by atoms with Crippen LogP contribution in [0, 0.1) is 5.92 Å². The van der Waals surface area contributed by atoms with E-state index in [0.29, 0.717) is 11.6 Å². The zero-order chi connectivity index (χ0) is 32.2. The van der Waals surface area contributed by atoms with Crippen LogP contribution in [-0.4, -0.2) is 18.1 Å². The van der Waals surface area contributed by atoms with Crippen LogP contribution in [-0.2, 0) is 16.5 Å². The topological polar surface area (TPSA) is 54.4 Å². The van der Waals surface area contributed by atoms with Crippen LogP contribution in [0.25, 0.3) is 0 Å². The van der Waals surface area contributed by atoms with Gasteiger partial charge in [-0.05, 0) is 61.2 Å². The maximum Gasteiger partial charge on any atom is 0.294 e. The second kappa shape index (κ2) is 27.8. The quantitative estimate of drug-likeness (QED) is 0.0591. The van der Waals surface area contributed by atoms with Crippen LogP contribution >= 0.6 is 9.24 Å². The van der Waals surface area contributed by atoms with E-state index in [4.69, 9.17) is 0 Å². The standard InChI is InChI=1S/C20H43P.C18H30O3S/c1-5-9-13-14-16-19(15-10-6-2)20(21,17-11-7-3)18-12-8-4;1-2-3-4-5-6-7-8-9-10-11-14-17-15-12-13-16-18(17)22(19,20)21/h19H,5-18,21H2,1-4H3;12-13,15-16H,2-11,14H2,1H3,(H,19,20,21). The normalized spacial score (nSPS) is 12.6. The molecule has 5 heteroatoms. The van der Waals surface area contributed by atoms with E-state index < -0.39 is 10.1 Å². The van der Waals surface area contributed by atoms with Crippen LogP contribution in [0.3, 0.4) is 0 Å². The van der Waals surface area contributed by atoms with Gasteiger partial charge in [0, 0.05) is 0 Å². The Morgan fingerprint density at radius 2 is 1.02 bits per heavy atom. The zero-order valence-corrected chi connectivity index (χ0v) is 31.3. The van der Waals surface area contributed by atoms with Gasteiger partial charge in [0.05, 0.1) is 4.90 Å². The molecule has 0 saturated carbocycles. The van der Waals surface area contributed by atoms with Crippen molar-refractivity contribution in [3.05, 3.63) is 29.8 Å². The van der Waals surface area contributed by atoms with Crippen LogP contribution < -0.4 is 0 Å². The number of benzene rings is 1. The molecule has 0 aliphatic carbocycles. The molecular weight excluding hydrogens is 567 g/mol. The fourth-order valence-corrected chi connectivity index (χ4v) is 7.79. The monoisotopic (exact) mass is 641 g/mol. The third-order valence-corrected chi connectivity index (χ3v) is 11.2. The average Bonchev–Trinajstić information content (AvgIpc) is 2.99. The summed E-state index contributed by atoms with van der Waals surface area (Å²) in [5.74, 6) is 0.942. The van der Waals surface area contributed by atoms with Gasteiger partial charge in [0.25, 0.3) is 10.1 Å². The molecule has 0 amide bonds. The molecule has 43 heavy (non-hydrogen) atoms. The first-order valence-electron chi connectivity index (χ1n) is 18.5. The molecule has 0 aliphatic rings. The van der Waals surface area contributed by atoms with Crippen LogP contribution in [0.4, 0.5) is 0 Å². The van der Waals surface area contributed by atoms with Crippen LogP contribution in [0.15, 0.2) is 29.2 Å². The smallest absolute Gasteiger partial charge is 0.282 e. The molecule has 2 unspecified atom stereocenters. The Bertz CT molecular complexity index is 847. The highest BCUT2D eigenvalue weighted by molar-refractivity contribution is 7.85. The molecule has 0 spiro atoms. The van der Waals surface area contributed by atoms with Crippen LogP contribution in [0.2, 0.25) is 0 Å². The molecule has 0 heterocycles. The third kappa shape index (κ3) is 21.8. The van der Waals surface area contributed by atoms with Crippen molar-refractivity contribution in [1.82, 2.24) is 0 Å². The molecule has 1 aromatic carbocycles. The van der Waals surface area contributed by atoms with E-state index in [1.54, 1.807) is 12.1 Å². The first-order chi connectivity index (χ1) is 20.7. The number of hydrogen-bond acceptors (Lipinski definition) is 2. The van der Waals surface area contributed by atoms with E-state index in [1.807, 2.05) is 6.07 Å². The van der Waals surface area contributed by atoms with Crippen molar-refractivity contribution in [3.8, 4) is 0 Å². The summed E-state index contributed by atoms with van der Waals surface area (Å²) in [6, 6.07) is 6.73. The van der Waals surface area contributed by atoms with Crippen molar-refractivity contribution < 1.29 is 13.0 Å². The van der Waals surface area contributed by atoms with Gasteiger partial charge in [0.2, 0.25) is 0 Å². The molecule has 0 saturated heterocycles. The van der Waals surface area contributed by atoms with Gasteiger partial charge in [-0.3, -0.25) is 4.55 Å². The van der Waals surface area contributed by atoms with Gasteiger partial charge in [-0.15, -0.1) is 9.24 Å². The summed E-state index contributed by atoms with van der Waals surface area (Å²) in [6.07, 6.45) is 33.1. The Kier molecular flexibility index (Phi) is 27.6. The first kappa shape index (κ1) is 42.6. The van der Waals surface area contributed by atoms with E-state index in [2.05, 4.69) is 43.9 Å². The lowest BCUT2D eigenvalue weighted by Gasteiger charge is -2.39. The van der Waals surface area contributed by atoms with Gasteiger partial charge in [0.15, 0.2) is 0 Å². The van der Waals surface area contributed by atoms with Gasteiger partial charge < -0.3 is 0 Å². The van der Waals surface area contributed by atoms with Gasteiger partial charge in [-0.1, -0.05) is 175 Å². The Morgan fingerprint density at radius 3 is 1.51 bits per heavy atom. The van der Waals surface area contributed by atoms with Gasteiger partial charge >= 0.3 is 0 Å². The van der Waals surface area contributed by atoms with Crippen molar-refractivity contribution >= 4 is 19.4 Å². The minimum atomic E-state index is -4.10. The summed E-state index contributed by atoms with van der Waals surface area (Å²) in [5, 5.41) is 0.535. The molecule has 0 bridgehead atoms. The number of rotatable bonds is 27. The fourth-order valence-electron chi connectivity index (χ4n) is 6.30. The maximum atomic E-state index is 11.3. The molecule has 0 fully saturated rings. The molecular formula is C38H73O3PS. The lowest BCUT2D eigenvalue weighted by Crippen LogP contribution is -2.32. The summed E-state index contributed by atoms with van der Waals surface area (Å²) in [4.78, 5) is 0.0610. The van der Waals surface area contributed by atoms with Crippen molar-refractivity contribution in [2.45, 2.75) is 205 Å². The predicted molar refractivity (Wildman–Crippen MR) is 195 cm³/mol. The molecule has 2 atom stereocenters. The summed E-state index contributed by atoms with van der Waals surface area (Å²) >= 11 is 0. The summed E-state index contributed by atoms with van der Waals surface area (Å²) in [7, 11) is -0.748. The van der Waals surface area contributed by atoms with Gasteiger partial charge in [-0.2, -0.15) is 8.42 Å². The molecule has 1 aromatic rings. The molecule has 254 valence electrons. The largest absolute Gasteiger partial charge is 0.294 e. The maximum absolute atomic E-state index is 11.3. The Labute approximate surface area is 272 Å². The molecule has 1 rings (SSSR count). The van der Waals surface area contributed by atoms with Crippen molar-refractivity contribution in [1.29, 1.82) is 0 Å². The number of unbranched alkanes of at least 4 members (excludes halogenated alkanes) is 15. The minimum absolute atomic E-state index is 0.0610. The van der Waals surface area contributed by atoms with Gasteiger partial charge in [0.1, 0.15) is 0 Å². The number of hydrogen-bond donors (Lipinski definition) is 1. The Balaban J connectivity index is 0.000000822. The van der Waals surface area contributed by atoms with E-state index >= 15 is 0 Å². The third-order valence-electron chi connectivity index (χ3n) is 9.17. The fraction of sp³-hybridized carbons (Fsp3) is 0.842. The lowest BCUT2D eigenvalue weighted by molar-refractivity contribution is 0.275. The highest BCUT2D eigenvalue weighted by Gasteiger charge is 2.32.